The van der Waals surface area contributed by atoms with Crippen LogP contribution in [0.1, 0.15) is 61.8 Å². The van der Waals surface area contributed by atoms with Gasteiger partial charge in [0.25, 0.3) is 0 Å². The van der Waals surface area contributed by atoms with Crippen LogP contribution in [0.5, 0.6) is 0 Å². The summed E-state index contributed by atoms with van der Waals surface area (Å²) in [6, 6.07) is 64.9. The van der Waals surface area contributed by atoms with E-state index in [4.69, 9.17) is 0 Å². The summed E-state index contributed by atoms with van der Waals surface area (Å²) in [6.07, 6.45) is 0. The Hall–Kier alpha value is -7.66. The average Bonchev–Trinajstić information content (AvgIpc) is 3.29. The number of anilines is 6. The fraction of sp³-hybridized carbons (Fsp3) is 0.107. The zero-order chi connectivity index (χ0) is 41.1. The summed E-state index contributed by atoms with van der Waals surface area (Å²) < 4.78 is 0. The summed E-state index contributed by atoms with van der Waals surface area (Å²) in [6.45, 7) is 9.16. The monoisotopic (exact) mass is 770 g/mol. The van der Waals surface area contributed by atoms with E-state index in [0.717, 1.165) is 66.4 Å². The lowest BCUT2D eigenvalue weighted by Crippen LogP contribution is -2.13. The molecule has 286 valence electrons. The lowest BCUT2D eigenvalue weighted by atomic mass is 9.84. The Morgan fingerprint density at radius 2 is 0.733 bits per heavy atom. The Morgan fingerprint density at radius 1 is 0.367 bits per heavy atom. The van der Waals surface area contributed by atoms with Crippen molar-refractivity contribution in [2.24, 2.45) is 0 Å². The van der Waals surface area contributed by atoms with Crippen LogP contribution in [0.4, 0.5) is 34.1 Å². The number of hydrogen-bond donors (Lipinski definition) is 0. The van der Waals surface area contributed by atoms with Crippen LogP contribution >= 0.6 is 0 Å². The van der Waals surface area contributed by atoms with Crippen molar-refractivity contribution in [1.82, 2.24) is 0 Å². The second-order valence-corrected chi connectivity index (χ2v) is 16.3. The molecule has 10 aromatic carbocycles. The van der Waals surface area contributed by atoms with Crippen molar-refractivity contribution in [3.05, 3.63) is 192 Å². The van der Waals surface area contributed by atoms with Gasteiger partial charge in [-0.25, -0.2) is 0 Å². The van der Waals surface area contributed by atoms with Crippen LogP contribution in [0.2, 0.25) is 0 Å². The van der Waals surface area contributed by atoms with Crippen LogP contribution in [0.15, 0.2) is 170 Å². The fourth-order valence-corrected chi connectivity index (χ4v) is 9.33. The summed E-state index contributed by atoms with van der Waals surface area (Å²) in [4.78, 5) is 4.79. The molecule has 0 aromatic heterocycles. The van der Waals surface area contributed by atoms with E-state index in [1.165, 1.54) is 32.7 Å². The van der Waals surface area contributed by atoms with Gasteiger partial charge in [0.2, 0.25) is 0 Å². The fourth-order valence-electron chi connectivity index (χ4n) is 9.33. The summed E-state index contributed by atoms with van der Waals surface area (Å²) in [5.74, 6) is 0.469. The molecule has 0 aliphatic heterocycles. The van der Waals surface area contributed by atoms with Gasteiger partial charge in [-0.05, 0) is 128 Å². The van der Waals surface area contributed by atoms with Crippen LogP contribution in [-0.2, 0) is 0 Å². The number of fused-ring (bicyclic) bond motifs is 2. The van der Waals surface area contributed by atoms with Gasteiger partial charge in [-0.3, -0.25) is 0 Å². The molecule has 0 unspecified atom stereocenters. The molecule has 60 heavy (non-hydrogen) atoms. The van der Waals surface area contributed by atoms with E-state index in [-0.39, 0.29) is 11.8 Å². The van der Waals surface area contributed by atoms with Crippen molar-refractivity contribution < 1.29 is 0 Å². The summed E-state index contributed by atoms with van der Waals surface area (Å²) in [5.41, 5.74) is 10.1. The number of nitriles is 2. The van der Waals surface area contributed by atoms with Crippen molar-refractivity contribution in [2.75, 3.05) is 9.80 Å². The van der Waals surface area contributed by atoms with Crippen LogP contribution in [0, 0.1) is 22.7 Å². The average molecular weight is 771 g/mol. The second-order valence-electron chi connectivity index (χ2n) is 16.3. The third-order valence-corrected chi connectivity index (χ3v) is 12.2. The van der Waals surface area contributed by atoms with Crippen molar-refractivity contribution in [3.63, 3.8) is 0 Å². The second kappa shape index (κ2) is 14.6. The molecular weight excluding hydrogens is 729 g/mol. The molecule has 10 aromatic rings. The topological polar surface area (TPSA) is 54.1 Å². The summed E-state index contributed by atoms with van der Waals surface area (Å²) >= 11 is 0. The quantitative estimate of drug-likeness (QED) is 0.144. The van der Waals surface area contributed by atoms with E-state index in [1.807, 2.05) is 24.3 Å². The van der Waals surface area contributed by atoms with Gasteiger partial charge in [-0.2, -0.15) is 10.5 Å². The maximum absolute atomic E-state index is 9.80. The summed E-state index contributed by atoms with van der Waals surface area (Å²) in [5, 5.41) is 31.5. The van der Waals surface area contributed by atoms with Gasteiger partial charge in [-0.1, -0.05) is 125 Å². The van der Waals surface area contributed by atoms with Gasteiger partial charge >= 0.3 is 0 Å². The number of benzene rings is 10. The van der Waals surface area contributed by atoms with Gasteiger partial charge in [0.1, 0.15) is 0 Å². The smallest absolute Gasteiger partial charge is 0.0991 e. The van der Waals surface area contributed by atoms with E-state index >= 15 is 0 Å². The van der Waals surface area contributed by atoms with Crippen molar-refractivity contribution in [3.8, 4) is 12.1 Å². The normalized spacial score (nSPS) is 11.6. The molecular formula is C56H42N4. The minimum atomic E-state index is 0.235. The SMILES string of the molecule is CC(C)c1cc(N(c2ccc(C#N)cc2)c2cccc3ccccc23)c2ccc3c(C(C)C)cc(N(c4ccc(C#N)cc4)c4cccc5ccccc45)c4ccc1c2c34. The van der Waals surface area contributed by atoms with Crippen molar-refractivity contribution in [1.29, 1.82) is 10.5 Å². The molecule has 0 amide bonds. The molecule has 0 aliphatic carbocycles. The zero-order valence-electron chi connectivity index (χ0n) is 34.1. The molecule has 0 spiro atoms. The zero-order valence-corrected chi connectivity index (χ0v) is 34.1. The molecule has 0 fully saturated rings. The van der Waals surface area contributed by atoms with Gasteiger partial charge < -0.3 is 9.80 Å². The van der Waals surface area contributed by atoms with E-state index in [0.29, 0.717) is 11.1 Å². The predicted octanol–water partition coefficient (Wildman–Crippen LogP) is 15.8. The first kappa shape index (κ1) is 36.7. The first-order valence-electron chi connectivity index (χ1n) is 20.7. The highest BCUT2D eigenvalue weighted by Gasteiger charge is 2.27. The maximum atomic E-state index is 9.80. The Bertz CT molecular complexity index is 3110. The van der Waals surface area contributed by atoms with Gasteiger partial charge in [-0.15, -0.1) is 0 Å². The summed E-state index contributed by atoms with van der Waals surface area (Å²) in [7, 11) is 0. The third-order valence-electron chi connectivity index (χ3n) is 12.2. The highest BCUT2D eigenvalue weighted by Crippen LogP contribution is 2.52. The minimum Gasteiger partial charge on any atom is -0.309 e. The molecule has 4 nitrogen and oxygen atoms in total. The van der Waals surface area contributed by atoms with Crippen LogP contribution in [0.25, 0.3) is 53.9 Å². The van der Waals surface area contributed by atoms with Crippen molar-refractivity contribution in [2.45, 2.75) is 39.5 Å². The van der Waals surface area contributed by atoms with E-state index in [9.17, 15) is 10.5 Å². The Kier molecular flexibility index (Phi) is 8.93. The van der Waals surface area contributed by atoms with Crippen LogP contribution in [-0.4, -0.2) is 0 Å². The van der Waals surface area contributed by atoms with E-state index < -0.39 is 0 Å². The number of rotatable bonds is 8. The van der Waals surface area contributed by atoms with Gasteiger partial charge in [0.15, 0.2) is 0 Å². The molecule has 10 rings (SSSR count). The lowest BCUT2D eigenvalue weighted by molar-refractivity contribution is 0.875. The van der Waals surface area contributed by atoms with Gasteiger partial charge in [0, 0.05) is 32.9 Å². The Labute approximate surface area is 350 Å². The Morgan fingerprint density at radius 3 is 1.12 bits per heavy atom. The van der Waals surface area contributed by atoms with Gasteiger partial charge in [0.05, 0.1) is 46.0 Å². The molecule has 0 N–H and O–H groups in total. The van der Waals surface area contributed by atoms with Crippen LogP contribution in [0.3, 0.4) is 0 Å². The molecule has 0 atom stereocenters. The molecule has 0 saturated carbocycles. The van der Waals surface area contributed by atoms with E-state index in [2.05, 4.69) is 195 Å². The highest BCUT2D eigenvalue weighted by molar-refractivity contribution is 6.30. The lowest BCUT2D eigenvalue weighted by Gasteiger charge is -2.32. The minimum absolute atomic E-state index is 0.235. The predicted molar refractivity (Wildman–Crippen MR) is 252 cm³/mol. The number of nitrogens with zero attached hydrogens (tertiary/aromatic N) is 4. The Balaban J connectivity index is 1.35. The number of hydrogen-bond acceptors (Lipinski definition) is 4. The molecule has 0 aliphatic rings. The van der Waals surface area contributed by atoms with E-state index in [1.54, 1.807) is 0 Å². The third kappa shape index (κ3) is 5.88. The standard InChI is InChI=1S/C56H42N4/c1-35(2)49-31-53(59(41-23-19-37(33-57)20-24-41)51-17-9-13-39-11-5-7-15-43(39)51)47-30-28-46-50(36(3)4)32-54(48-29-27-45(49)55(47)56(46)48)60(42-25-21-38(34-58)22-26-42)52-18-10-14-40-12-6-8-16-44(40)52/h5-32,35-36H,1-4H3. The van der Waals surface area contributed by atoms with Crippen molar-refractivity contribution >= 4 is 88.0 Å². The first-order chi connectivity index (χ1) is 29.3. The first-order valence-corrected chi connectivity index (χ1v) is 20.7. The molecule has 0 bridgehead atoms. The highest BCUT2D eigenvalue weighted by atomic mass is 15.2. The molecule has 0 heterocycles. The maximum Gasteiger partial charge on any atom is 0.0991 e. The molecule has 4 heteroatoms. The van der Waals surface area contributed by atoms with Crippen LogP contribution < -0.4 is 9.80 Å². The molecule has 0 saturated heterocycles. The largest absolute Gasteiger partial charge is 0.309 e. The molecule has 0 radical (unpaired) electrons.